The number of benzene rings is 1. The normalized spacial score (nSPS) is 12.5. The van der Waals surface area contributed by atoms with Gasteiger partial charge in [0.25, 0.3) is 5.56 Å². The Morgan fingerprint density at radius 1 is 1.20 bits per heavy atom. The molecule has 0 spiro atoms. The Balaban J connectivity index is 2.69. The predicted octanol–water partition coefficient (Wildman–Crippen LogP) is 2.34. The van der Waals surface area contributed by atoms with Crippen molar-refractivity contribution in [1.82, 2.24) is 9.13 Å². The Morgan fingerprint density at radius 3 is 2.40 bits per heavy atom. The van der Waals surface area contributed by atoms with Crippen molar-refractivity contribution in [1.29, 1.82) is 0 Å². The van der Waals surface area contributed by atoms with Gasteiger partial charge < -0.3 is 5.11 Å². The largest absolute Gasteiger partial charge is 0.494 e. The fraction of sp³-hybridized carbons (Fsp3) is 0.312. The molecule has 1 aromatic carbocycles. The smallest absolute Gasteiger partial charge is 0.416 e. The quantitative estimate of drug-likeness (QED) is 0.859. The van der Waals surface area contributed by atoms with E-state index in [4.69, 9.17) is 0 Å². The van der Waals surface area contributed by atoms with E-state index in [1.54, 1.807) is 6.92 Å². The van der Waals surface area contributed by atoms with Crippen molar-refractivity contribution in [2.45, 2.75) is 19.5 Å². The number of rotatable bonds is 3. The van der Waals surface area contributed by atoms with E-state index in [1.165, 1.54) is 26.2 Å². The van der Waals surface area contributed by atoms with E-state index in [1.807, 2.05) is 0 Å². The van der Waals surface area contributed by atoms with Gasteiger partial charge in [-0.15, -0.1) is 0 Å². The molecule has 9 heteroatoms. The second-order valence-corrected chi connectivity index (χ2v) is 5.36. The van der Waals surface area contributed by atoms with Gasteiger partial charge in [0, 0.05) is 14.1 Å². The first-order valence-corrected chi connectivity index (χ1v) is 7.32. The summed E-state index contributed by atoms with van der Waals surface area (Å²) in [6, 6.07) is 4.31. The molecule has 0 unspecified atom stereocenters. The molecule has 0 amide bonds. The SMILES string of the molecule is CCC(=Nc1cccc(C(F)(F)F)c1)c1c(O)n(C)c(=O)n(C)c1=O. The average molecular weight is 355 g/mol. The summed E-state index contributed by atoms with van der Waals surface area (Å²) in [5, 5.41) is 10.1. The van der Waals surface area contributed by atoms with Crippen LogP contribution in [0.15, 0.2) is 38.8 Å². The summed E-state index contributed by atoms with van der Waals surface area (Å²) in [5.74, 6) is -0.583. The zero-order valence-corrected chi connectivity index (χ0v) is 13.8. The molecular formula is C16H16F3N3O3. The van der Waals surface area contributed by atoms with Crippen LogP contribution in [0.4, 0.5) is 18.9 Å². The highest BCUT2D eigenvalue weighted by molar-refractivity contribution is 6.03. The summed E-state index contributed by atoms with van der Waals surface area (Å²) in [6.45, 7) is 1.64. The minimum Gasteiger partial charge on any atom is -0.494 e. The van der Waals surface area contributed by atoms with Crippen molar-refractivity contribution < 1.29 is 18.3 Å². The highest BCUT2D eigenvalue weighted by atomic mass is 19.4. The van der Waals surface area contributed by atoms with Gasteiger partial charge in [0.1, 0.15) is 5.56 Å². The zero-order valence-electron chi connectivity index (χ0n) is 13.8. The first-order valence-electron chi connectivity index (χ1n) is 7.32. The maximum atomic E-state index is 12.8. The summed E-state index contributed by atoms with van der Waals surface area (Å²) in [4.78, 5) is 28.2. The molecule has 134 valence electrons. The van der Waals surface area contributed by atoms with E-state index in [0.717, 1.165) is 21.3 Å². The lowest BCUT2D eigenvalue weighted by molar-refractivity contribution is -0.137. The summed E-state index contributed by atoms with van der Waals surface area (Å²) in [7, 11) is 2.52. The van der Waals surface area contributed by atoms with Crippen molar-refractivity contribution in [3.8, 4) is 5.88 Å². The molecule has 0 radical (unpaired) electrons. The lowest BCUT2D eigenvalue weighted by atomic mass is 10.1. The number of hydrogen-bond acceptors (Lipinski definition) is 4. The first-order chi connectivity index (χ1) is 11.6. The summed E-state index contributed by atoms with van der Waals surface area (Å²) >= 11 is 0. The fourth-order valence-electron chi connectivity index (χ4n) is 2.31. The predicted molar refractivity (Wildman–Crippen MR) is 86.5 cm³/mol. The van der Waals surface area contributed by atoms with E-state index in [0.29, 0.717) is 0 Å². The van der Waals surface area contributed by atoms with Gasteiger partial charge in [-0.25, -0.2) is 4.79 Å². The Morgan fingerprint density at radius 2 is 1.84 bits per heavy atom. The number of aliphatic imine (C=N–C) groups is 1. The molecule has 2 rings (SSSR count). The lowest BCUT2D eigenvalue weighted by Gasteiger charge is -2.12. The highest BCUT2D eigenvalue weighted by Crippen LogP contribution is 2.31. The van der Waals surface area contributed by atoms with Gasteiger partial charge in [0.15, 0.2) is 0 Å². The Labute approximate surface area is 140 Å². The molecule has 1 aromatic heterocycles. The van der Waals surface area contributed by atoms with Gasteiger partial charge in [0.05, 0.1) is 17.0 Å². The van der Waals surface area contributed by atoms with Crippen LogP contribution in [0.3, 0.4) is 0 Å². The summed E-state index contributed by atoms with van der Waals surface area (Å²) < 4.78 is 40.1. The number of halogens is 3. The Hall–Kier alpha value is -2.84. The lowest BCUT2D eigenvalue weighted by Crippen LogP contribution is -2.40. The molecule has 2 aromatic rings. The molecule has 0 fully saturated rings. The highest BCUT2D eigenvalue weighted by Gasteiger charge is 2.30. The third-order valence-electron chi connectivity index (χ3n) is 3.69. The molecule has 0 atom stereocenters. The standard InChI is InChI=1S/C16H16F3N3O3/c1-4-11(12-13(23)21(2)15(25)22(3)14(12)24)20-10-7-5-6-9(8-10)16(17,18)19/h5-8,23H,4H2,1-3H3. The number of alkyl halides is 3. The van der Waals surface area contributed by atoms with E-state index >= 15 is 0 Å². The van der Waals surface area contributed by atoms with E-state index in [2.05, 4.69) is 4.99 Å². The zero-order chi connectivity index (χ0) is 18.9. The summed E-state index contributed by atoms with van der Waals surface area (Å²) in [5.41, 5.74) is -2.52. The van der Waals surface area contributed by atoms with Crippen molar-refractivity contribution >= 4 is 11.4 Å². The second kappa shape index (κ2) is 6.58. The average Bonchev–Trinajstić information content (AvgIpc) is 2.57. The number of aromatic nitrogens is 2. The molecule has 0 bridgehead atoms. The molecule has 6 nitrogen and oxygen atoms in total. The molecule has 0 saturated heterocycles. The Kier molecular flexibility index (Phi) is 4.87. The number of hydrogen-bond donors (Lipinski definition) is 1. The molecule has 0 saturated carbocycles. The van der Waals surface area contributed by atoms with Crippen LogP contribution in [0.25, 0.3) is 0 Å². The van der Waals surface area contributed by atoms with Gasteiger partial charge in [-0.05, 0) is 24.6 Å². The Bertz CT molecular complexity index is 956. The molecule has 0 aliphatic rings. The third kappa shape index (κ3) is 3.49. The van der Waals surface area contributed by atoms with Gasteiger partial charge in [-0.1, -0.05) is 13.0 Å². The fourth-order valence-corrected chi connectivity index (χ4v) is 2.31. The van der Waals surface area contributed by atoms with E-state index in [-0.39, 0.29) is 23.4 Å². The van der Waals surface area contributed by atoms with Crippen LogP contribution in [0, 0.1) is 0 Å². The van der Waals surface area contributed by atoms with Crippen molar-refractivity contribution in [2.75, 3.05) is 0 Å². The molecular weight excluding hydrogens is 339 g/mol. The van der Waals surface area contributed by atoms with Crippen LogP contribution in [-0.4, -0.2) is 20.0 Å². The molecule has 0 aliphatic heterocycles. The van der Waals surface area contributed by atoms with Crippen LogP contribution in [0.1, 0.15) is 24.5 Å². The molecule has 0 aliphatic carbocycles. The van der Waals surface area contributed by atoms with Gasteiger partial charge in [-0.3, -0.25) is 18.9 Å². The van der Waals surface area contributed by atoms with Gasteiger partial charge in [-0.2, -0.15) is 13.2 Å². The van der Waals surface area contributed by atoms with Crippen LogP contribution in [0.5, 0.6) is 5.88 Å². The van der Waals surface area contributed by atoms with E-state index in [9.17, 15) is 27.9 Å². The van der Waals surface area contributed by atoms with E-state index < -0.39 is 28.9 Å². The van der Waals surface area contributed by atoms with Gasteiger partial charge in [0.2, 0.25) is 5.88 Å². The van der Waals surface area contributed by atoms with Crippen LogP contribution < -0.4 is 11.2 Å². The second-order valence-electron chi connectivity index (χ2n) is 5.36. The van der Waals surface area contributed by atoms with Crippen LogP contribution in [-0.2, 0) is 20.3 Å². The molecule has 1 heterocycles. The van der Waals surface area contributed by atoms with Crippen LogP contribution >= 0.6 is 0 Å². The minimum atomic E-state index is -4.52. The van der Waals surface area contributed by atoms with Gasteiger partial charge >= 0.3 is 11.9 Å². The maximum absolute atomic E-state index is 12.8. The van der Waals surface area contributed by atoms with Crippen molar-refractivity contribution in [2.24, 2.45) is 19.1 Å². The van der Waals surface area contributed by atoms with Crippen LogP contribution in [0.2, 0.25) is 0 Å². The topological polar surface area (TPSA) is 76.6 Å². The minimum absolute atomic E-state index is 0.0121. The van der Waals surface area contributed by atoms with Crippen molar-refractivity contribution in [3.63, 3.8) is 0 Å². The monoisotopic (exact) mass is 355 g/mol. The third-order valence-corrected chi connectivity index (χ3v) is 3.69. The maximum Gasteiger partial charge on any atom is 0.416 e. The number of aromatic hydroxyl groups is 1. The molecule has 1 N–H and O–H groups in total. The molecule has 25 heavy (non-hydrogen) atoms. The first kappa shape index (κ1) is 18.5. The summed E-state index contributed by atoms with van der Waals surface area (Å²) in [6.07, 6.45) is -4.36. The van der Waals surface area contributed by atoms with Crippen molar-refractivity contribution in [3.05, 3.63) is 56.2 Å². The number of nitrogens with zero attached hydrogens (tertiary/aromatic N) is 3.